The Morgan fingerprint density at radius 2 is 1.61 bits per heavy atom. The van der Waals surface area contributed by atoms with Gasteiger partial charge in [0.1, 0.15) is 5.84 Å². The Balaban J connectivity index is 2.57. The van der Waals surface area contributed by atoms with Crippen LogP contribution in [0.4, 0.5) is 0 Å². The van der Waals surface area contributed by atoms with E-state index in [1.807, 2.05) is 43.3 Å². The molecule has 0 radical (unpaired) electrons. The first kappa shape index (κ1) is 18.5. The maximum atomic E-state index is 7.40. The predicted molar refractivity (Wildman–Crippen MR) is 96.3 cm³/mol. The molecule has 7 heteroatoms. The van der Waals surface area contributed by atoms with E-state index in [1.165, 1.54) is 5.56 Å². The van der Waals surface area contributed by atoms with Crippen molar-refractivity contribution in [1.82, 2.24) is 9.80 Å². The van der Waals surface area contributed by atoms with Gasteiger partial charge < -0.3 is 21.3 Å². The van der Waals surface area contributed by atoms with Crippen molar-refractivity contribution in [2.45, 2.75) is 12.8 Å². The van der Waals surface area contributed by atoms with Gasteiger partial charge in [-0.1, -0.05) is 24.3 Å². The van der Waals surface area contributed by atoms with Crippen LogP contribution in [0.25, 0.3) is 0 Å². The summed E-state index contributed by atoms with van der Waals surface area (Å²) in [6, 6.07) is 7.72. The summed E-state index contributed by atoms with van der Waals surface area (Å²) in [4.78, 5) is 8.41. The lowest BCUT2D eigenvalue weighted by atomic mass is 10.1. The van der Waals surface area contributed by atoms with E-state index in [0.29, 0.717) is 13.0 Å². The number of nitrogen functional groups attached to an aromatic ring is 1. The molecule has 0 aliphatic carbocycles. The highest BCUT2D eigenvalue weighted by atomic mass is 15.3. The molecule has 0 bridgehead atoms. The van der Waals surface area contributed by atoms with Gasteiger partial charge in [0.25, 0.3) is 0 Å². The van der Waals surface area contributed by atoms with Gasteiger partial charge in [-0.05, 0) is 12.0 Å². The number of nitrogens with zero attached hydrogens (tertiary/aromatic N) is 3. The Morgan fingerprint density at radius 3 is 2.09 bits per heavy atom. The number of hydrogen-bond donors (Lipinski definition) is 4. The Labute approximate surface area is 138 Å². The second kappa shape index (κ2) is 8.77. The first-order valence-electron chi connectivity index (χ1n) is 7.50. The van der Waals surface area contributed by atoms with Crippen molar-refractivity contribution in [3.05, 3.63) is 35.4 Å². The Morgan fingerprint density at radius 1 is 1.04 bits per heavy atom. The molecule has 0 atom stereocenters. The van der Waals surface area contributed by atoms with E-state index >= 15 is 0 Å². The van der Waals surface area contributed by atoms with Crippen molar-refractivity contribution in [3.8, 4) is 0 Å². The van der Waals surface area contributed by atoms with Gasteiger partial charge in [-0.25, -0.2) is 0 Å². The molecule has 1 aromatic carbocycles. The van der Waals surface area contributed by atoms with Crippen molar-refractivity contribution in [2.75, 3.05) is 34.2 Å². The maximum absolute atomic E-state index is 7.40. The van der Waals surface area contributed by atoms with Crippen molar-refractivity contribution in [2.24, 2.45) is 16.5 Å². The molecule has 0 aliphatic heterocycles. The highest BCUT2D eigenvalue weighted by Gasteiger charge is 2.11. The molecule has 0 heterocycles. The minimum atomic E-state index is 0.0844. The van der Waals surface area contributed by atoms with E-state index in [1.54, 1.807) is 7.05 Å². The van der Waals surface area contributed by atoms with E-state index in [-0.39, 0.29) is 11.7 Å². The van der Waals surface area contributed by atoms with Crippen LogP contribution < -0.4 is 11.5 Å². The SMILES string of the molecule is CN=C(N(C)CCC(=N)N)N(C)CCc1ccc(C(=N)N)cc1. The fourth-order valence-electron chi connectivity index (χ4n) is 2.27. The number of likely N-dealkylation sites (N-methyl/N-ethyl adjacent to an activating group) is 1. The molecule has 0 spiro atoms. The van der Waals surface area contributed by atoms with Crippen LogP contribution in [0.5, 0.6) is 0 Å². The van der Waals surface area contributed by atoms with Gasteiger partial charge in [-0.3, -0.25) is 15.8 Å². The standard InChI is InChI=1S/C16H27N7/c1-21-16(23(3)11-9-14(17)18)22(2)10-8-12-4-6-13(7-5-12)15(19)20/h4-7H,8-11H2,1-3H3,(H3,17,18)(H3,19,20). The quantitative estimate of drug-likeness (QED) is 0.437. The minimum absolute atomic E-state index is 0.0844. The van der Waals surface area contributed by atoms with E-state index < -0.39 is 0 Å². The lowest BCUT2D eigenvalue weighted by molar-refractivity contribution is 0.394. The second-order valence-corrected chi connectivity index (χ2v) is 5.50. The summed E-state index contributed by atoms with van der Waals surface area (Å²) < 4.78 is 0. The van der Waals surface area contributed by atoms with Crippen LogP contribution >= 0.6 is 0 Å². The number of benzene rings is 1. The summed E-state index contributed by atoms with van der Waals surface area (Å²) in [5, 5.41) is 14.7. The maximum Gasteiger partial charge on any atom is 0.195 e. The number of nitrogens with two attached hydrogens (primary N) is 2. The molecule has 7 nitrogen and oxygen atoms in total. The zero-order valence-electron chi connectivity index (χ0n) is 14.1. The van der Waals surface area contributed by atoms with Crippen LogP contribution in [0.15, 0.2) is 29.3 Å². The molecule has 0 amide bonds. The molecule has 0 saturated carbocycles. The second-order valence-electron chi connectivity index (χ2n) is 5.50. The van der Waals surface area contributed by atoms with E-state index in [0.717, 1.165) is 24.5 Å². The van der Waals surface area contributed by atoms with Crippen molar-refractivity contribution >= 4 is 17.6 Å². The van der Waals surface area contributed by atoms with Gasteiger partial charge in [-0.2, -0.15) is 0 Å². The van der Waals surface area contributed by atoms with E-state index in [9.17, 15) is 0 Å². The summed E-state index contributed by atoms with van der Waals surface area (Å²) in [6.45, 7) is 1.48. The zero-order valence-corrected chi connectivity index (χ0v) is 14.1. The molecule has 0 aromatic heterocycles. The van der Waals surface area contributed by atoms with Gasteiger partial charge in [0.15, 0.2) is 5.96 Å². The Bertz CT molecular complexity index is 562. The molecule has 0 saturated heterocycles. The number of aliphatic imine (C=N–C) groups is 1. The van der Waals surface area contributed by atoms with Gasteiger partial charge in [0.05, 0.1) is 5.84 Å². The molecule has 126 valence electrons. The number of hydrogen-bond acceptors (Lipinski definition) is 3. The molecule has 1 aromatic rings. The van der Waals surface area contributed by atoms with E-state index in [2.05, 4.69) is 9.89 Å². The lowest BCUT2D eigenvalue weighted by Crippen LogP contribution is -2.42. The fraction of sp³-hybridized carbons (Fsp3) is 0.438. The lowest BCUT2D eigenvalue weighted by Gasteiger charge is -2.29. The van der Waals surface area contributed by atoms with Crippen LogP contribution in [0.3, 0.4) is 0 Å². The Kier molecular flexibility index (Phi) is 7.05. The van der Waals surface area contributed by atoms with Crippen LogP contribution in [-0.4, -0.2) is 61.7 Å². The largest absolute Gasteiger partial charge is 0.388 e. The molecular weight excluding hydrogens is 290 g/mol. The Hall–Kier alpha value is -2.57. The van der Waals surface area contributed by atoms with Gasteiger partial charge >= 0.3 is 0 Å². The van der Waals surface area contributed by atoms with Crippen molar-refractivity contribution in [1.29, 1.82) is 10.8 Å². The third-order valence-corrected chi connectivity index (χ3v) is 3.60. The smallest absolute Gasteiger partial charge is 0.195 e. The molecule has 1 rings (SSSR count). The number of rotatable bonds is 7. The van der Waals surface area contributed by atoms with Crippen LogP contribution in [0.1, 0.15) is 17.5 Å². The summed E-state index contributed by atoms with van der Waals surface area (Å²) in [5.41, 5.74) is 12.8. The topological polar surface area (TPSA) is 119 Å². The molecule has 23 heavy (non-hydrogen) atoms. The molecule has 0 aliphatic rings. The van der Waals surface area contributed by atoms with Gasteiger partial charge in [0, 0.05) is 46.2 Å². The van der Waals surface area contributed by atoms with Crippen LogP contribution in [0, 0.1) is 10.8 Å². The zero-order chi connectivity index (χ0) is 17.4. The first-order chi connectivity index (χ1) is 10.8. The number of amidine groups is 2. The normalized spacial score (nSPS) is 11.2. The highest BCUT2D eigenvalue weighted by molar-refractivity contribution is 5.94. The van der Waals surface area contributed by atoms with Crippen molar-refractivity contribution < 1.29 is 0 Å². The summed E-state index contributed by atoms with van der Waals surface area (Å²) >= 11 is 0. The highest BCUT2D eigenvalue weighted by Crippen LogP contribution is 2.06. The molecule has 0 unspecified atom stereocenters. The van der Waals surface area contributed by atoms with Crippen LogP contribution in [0.2, 0.25) is 0 Å². The summed E-state index contributed by atoms with van der Waals surface area (Å²) in [6.07, 6.45) is 1.39. The molecule has 0 fully saturated rings. The monoisotopic (exact) mass is 317 g/mol. The third-order valence-electron chi connectivity index (χ3n) is 3.60. The van der Waals surface area contributed by atoms with Gasteiger partial charge in [0.2, 0.25) is 0 Å². The predicted octanol–water partition coefficient (Wildman–Crippen LogP) is 0.689. The van der Waals surface area contributed by atoms with Crippen LogP contribution in [-0.2, 0) is 6.42 Å². The minimum Gasteiger partial charge on any atom is -0.388 e. The first-order valence-corrected chi connectivity index (χ1v) is 7.50. The third kappa shape index (κ3) is 5.98. The van der Waals surface area contributed by atoms with Gasteiger partial charge in [-0.15, -0.1) is 0 Å². The summed E-state index contributed by atoms with van der Waals surface area (Å²) in [7, 11) is 5.71. The van der Waals surface area contributed by atoms with E-state index in [4.69, 9.17) is 22.3 Å². The average molecular weight is 317 g/mol. The average Bonchev–Trinajstić information content (AvgIpc) is 2.52. The number of guanidine groups is 1. The molecule has 6 N–H and O–H groups in total. The fourth-order valence-corrected chi connectivity index (χ4v) is 2.27. The number of nitrogens with one attached hydrogen (secondary N) is 2. The molecular formula is C16H27N7. The summed E-state index contributed by atoms with van der Waals surface area (Å²) in [5.74, 6) is 1.13. The van der Waals surface area contributed by atoms with Crippen molar-refractivity contribution in [3.63, 3.8) is 0 Å².